The molecule has 3 aromatic heterocycles. The van der Waals surface area contributed by atoms with Crippen molar-refractivity contribution in [2.45, 2.75) is 19.4 Å². The van der Waals surface area contributed by atoms with Gasteiger partial charge in [-0.1, -0.05) is 0 Å². The van der Waals surface area contributed by atoms with Gasteiger partial charge in [-0.05, 0) is 31.2 Å². The Hall–Kier alpha value is -2.93. The summed E-state index contributed by atoms with van der Waals surface area (Å²) in [5, 5.41) is 9.00. The van der Waals surface area contributed by atoms with E-state index < -0.39 is 12.0 Å². The molecule has 0 spiro atoms. The van der Waals surface area contributed by atoms with Crippen LogP contribution < -0.4 is 11.3 Å². The zero-order valence-corrected chi connectivity index (χ0v) is 13.4. The predicted molar refractivity (Wildman–Crippen MR) is 89.9 cm³/mol. The van der Waals surface area contributed by atoms with Gasteiger partial charge in [0.1, 0.15) is 11.7 Å². The molecule has 0 amide bonds. The number of aromatic nitrogens is 3. The molecule has 7 heteroatoms. The summed E-state index contributed by atoms with van der Waals surface area (Å²) in [5.41, 5.74) is 8.98. The minimum Gasteiger partial charge on any atom is -0.480 e. The van der Waals surface area contributed by atoms with Gasteiger partial charge >= 0.3 is 5.97 Å². The first-order valence-electron chi connectivity index (χ1n) is 7.50. The van der Waals surface area contributed by atoms with E-state index in [1.54, 1.807) is 46.6 Å². The average Bonchev–Trinajstić information content (AvgIpc) is 3.03. The van der Waals surface area contributed by atoms with Gasteiger partial charge in [-0.2, -0.15) is 0 Å². The third kappa shape index (κ3) is 2.59. The summed E-state index contributed by atoms with van der Waals surface area (Å²) in [4.78, 5) is 27.8. The number of pyridine rings is 2. The van der Waals surface area contributed by atoms with Crippen molar-refractivity contribution in [1.82, 2.24) is 14.0 Å². The number of rotatable bonds is 4. The van der Waals surface area contributed by atoms with E-state index in [1.165, 1.54) is 0 Å². The number of hydrogen-bond donors (Lipinski definition) is 2. The molecule has 124 valence electrons. The van der Waals surface area contributed by atoms with E-state index in [2.05, 4.69) is 4.98 Å². The number of nitrogens with two attached hydrogens (primary N) is 1. The van der Waals surface area contributed by atoms with Crippen LogP contribution in [0, 0.1) is 6.92 Å². The van der Waals surface area contributed by atoms with Crippen LogP contribution in [0.25, 0.3) is 16.8 Å². The number of carboxylic acids is 1. The summed E-state index contributed by atoms with van der Waals surface area (Å²) in [7, 11) is 1.73. The van der Waals surface area contributed by atoms with Gasteiger partial charge < -0.3 is 19.8 Å². The Morgan fingerprint density at radius 1 is 1.29 bits per heavy atom. The van der Waals surface area contributed by atoms with Gasteiger partial charge in [-0.15, -0.1) is 0 Å². The Balaban J connectivity index is 2.16. The zero-order chi connectivity index (χ0) is 17.4. The van der Waals surface area contributed by atoms with Gasteiger partial charge in [0, 0.05) is 42.8 Å². The first kappa shape index (κ1) is 15.9. The summed E-state index contributed by atoms with van der Waals surface area (Å²) >= 11 is 0. The molecule has 1 atom stereocenters. The van der Waals surface area contributed by atoms with Crippen molar-refractivity contribution in [2.75, 3.05) is 0 Å². The van der Waals surface area contributed by atoms with E-state index in [0.717, 1.165) is 11.4 Å². The lowest BCUT2D eigenvalue weighted by atomic mass is 10.1. The van der Waals surface area contributed by atoms with Gasteiger partial charge in [-0.3, -0.25) is 9.59 Å². The van der Waals surface area contributed by atoms with Crippen molar-refractivity contribution in [3.63, 3.8) is 0 Å². The van der Waals surface area contributed by atoms with Crippen LogP contribution >= 0.6 is 0 Å². The molecule has 0 unspecified atom stereocenters. The minimum atomic E-state index is -1.06. The Kier molecular flexibility index (Phi) is 3.94. The SMILES string of the molecule is Cc1ccc(-c2ccc(C[C@H](N)C(=O)O)n3ccnc23)c(=O)n1C. The van der Waals surface area contributed by atoms with E-state index in [9.17, 15) is 9.59 Å². The number of imidazole rings is 1. The average molecular weight is 326 g/mol. The number of aryl methyl sites for hydroxylation is 1. The van der Waals surface area contributed by atoms with Gasteiger partial charge in [0.2, 0.25) is 0 Å². The zero-order valence-electron chi connectivity index (χ0n) is 13.4. The summed E-state index contributed by atoms with van der Waals surface area (Å²) < 4.78 is 3.36. The normalized spacial score (nSPS) is 12.5. The molecule has 3 aromatic rings. The lowest BCUT2D eigenvalue weighted by molar-refractivity contribution is -0.138. The predicted octanol–water partition coefficient (Wildman–Crippen LogP) is 0.963. The van der Waals surface area contributed by atoms with E-state index in [1.807, 2.05) is 13.0 Å². The molecule has 3 heterocycles. The Labute approximate surface area is 138 Å². The molecule has 24 heavy (non-hydrogen) atoms. The van der Waals surface area contributed by atoms with E-state index >= 15 is 0 Å². The number of aliphatic carboxylic acids is 1. The summed E-state index contributed by atoms with van der Waals surface area (Å²) in [6, 6.07) is 6.24. The maximum Gasteiger partial charge on any atom is 0.320 e. The molecule has 7 nitrogen and oxygen atoms in total. The number of carbonyl (C=O) groups is 1. The smallest absolute Gasteiger partial charge is 0.320 e. The highest BCUT2D eigenvalue weighted by atomic mass is 16.4. The van der Waals surface area contributed by atoms with Crippen molar-refractivity contribution >= 4 is 11.6 Å². The highest BCUT2D eigenvalue weighted by Crippen LogP contribution is 2.23. The molecule has 0 aliphatic rings. The fraction of sp³-hybridized carbons (Fsp3) is 0.235. The Bertz CT molecular complexity index is 987. The molecule has 0 aliphatic heterocycles. The molecular weight excluding hydrogens is 308 g/mol. The molecule has 0 radical (unpaired) electrons. The first-order chi connectivity index (χ1) is 11.4. The second-order valence-electron chi connectivity index (χ2n) is 5.76. The molecule has 0 fully saturated rings. The van der Waals surface area contributed by atoms with Crippen LogP contribution in [0.1, 0.15) is 11.4 Å². The third-order valence-electron chi connectivity index (χ3n) is 4.23. The van der Waals surface area contributed by atoms with Gasteiger partial charge in [0.15, 0.2) is 0 Å². The van der Waals surface area contributed by atoms with Crippen molar-refractivity contribution in [2.24, 2.45) is 12.8 Å². The molecule has 3 N–H and O–H groups in total. The topological polar surface area (TPSA) is 103 Å². The van der Waals surface area contributed by atoms with Crippen molar-refractivity contribution in [3.8, 4) is 11.1 Å². The van der Waals surface area contributed by atoms with Crippen LogP contribution in [0.2, 0.25) is 0 Å². The van der Waals surface area contributed by atoms with E-state index in [-0.39, 0.29) is 12.0 Å². The van der Waals surface area contributed by atoms with Gasteiger partial charge in [0.05, 0.1) is 5.56 Å². The lowest BCUT2D eigenvalue weighted by Gasteiger charge is -2.12. The standard InChI is InChI=1S/C17H18N4O3/c1-10-3-5-13(16(22)20(10)2)12-6-4-11(9-14(18)17(23)24)21-8-7-19-15(12)21/h3-8,14H,9,18H2,1-2H3,(H,23,24)/t14-/m0/s1. The van der Waals surface area contributed by atoms with Crippen LogP contribution in [0.3, 0.4) is 0 Å². The number of carboxylic acid groups (broad SMARTS) is 1. The van der Waals surface area contributed by atoms with E-state index in [0.29, 0.717) is 16.8 Å². The van der Waals surface area contributed by atoms with Crippen LogP contribution in [0.4, 0.5) is 0 Å². The molecule has 0 saturated carbocycles. The second kappa shape index (κ2) is 5.93. The largest absolute Gasteiger partial charge is 0.480 e. The van der Waals surface area contributed by atoms with Crippen LogP contribution in [-0.4, -0.2) is 31.1 Å². The third-order valence-corrected chi connectivity index (χ3v) is 4.23. The Morgan fingerprint density at radius 2 is 2.00 bits per heavy atom. The van der Waals surface area contributed by atoms with Crippen molar-refractivity contribution in [1.29, 1.82) is 0 Å². The number of nitrogens with zero attached hydrogens (tertiary/aromatic N) is 3. The molecule has 0 bridgehead atoms. The van der Waals surface area contributed by atoms with E-state index in [4.69, 9.17) is 10.8 Å². The summed E-state index contributed by atoms with van der Waals surface area (Å²) in [5.74, 6) is -1.06. The maximum absolute atomic E-state index is 12.5. The minimum absolute atomic E-state index is 0.102. The van der Waals surface area contributed by atoms with Crippen LogP contribution in [0.5, 0.6) is 0 Å². The molecule has 0 aromatic carbocycles. The van der Waals surface area contributed by atoms with Crippen molar-refractivity contribution < 1.29 is 9.90 Å². The molecular formula is C17H18N4O3. The highest BCUT2D eigenvalue weighted by molar-refractivity contribution is 5.78. The van der Waals surface area contributed by atoms with Crippen LogP contribution in [-0.2, 0) is 18.3 Å². The molecule has 0 aliphatic carbocycles. The number of hydrogen-bond acceptors (Lipinski definition) is 4. The quantitative estimate of drug-likeness (QED) is 0.743. The summed E-state index contributed by atoms with van der Waals surface area (Å²) in [6.07, 6.45) is 3.53. The molecule has 3 rings (SSSR count). The van der Waals surface area contributed by atoms with Crippen LogP contribution in [0.15, 0.2) is 41.5 Å². The highest BCUT2D eigenvalue weighted by Gasteiger charge is 2.17. The fourth-order valence-corrected chi connectivity index (χ4v) is 2.69. The second-order valence-corrected chi connectivity index (χ2v) is 5.76. The Morgan fingerprint density at radius 3 is 2.71 bits per heavy atom. The molecule has 0 saturated heterocycles. The number of fused-ring (bicyclic) bond motifs is 1. The lowest BCUT2D eigenvalue weighted by Crippen LogP contribution is -2.32. The monoisotopic (exact) mass is 326 g/mol. The summed E-state index contributed by atoms with van der Waals surface area (Å²) in [6.45, 7) is 1.87. The van der Waals surface area contributed by atoms with Gasteiger partial charge in [-0.25, -0.2) is 4.98 Å². The fourth-order valence-electron chi connectivity index (χ4n) is 2.69. The maximum atomic E-state index is 12.5. The van der Waals surface area contributed by atoms with Crippen molar-refractivity contribution in [3.05, 3.63) is 58.4 Å². The van der Waals surface area contributed by atoms with Gasteiger partial charge in [0.25, 0.3) is 5.56 Å². The first-order valence-corrected chi connectivity index (χ1v) is 7.50.